The van der Waals surface area contributed by atoms with E-state index in [0.717, 1.165) is 41.9 Å². The minimum atomic E-state index is 0.487. The summed E-state index contributed by atoms with van der Waals surface area (Å²) >= 11 is 0. The molecular formula is C23H35N7. The molecule has 0 unspecified atom stereocenters. The number of hydrogen-bond donors (Lipinski definition) is 4. The van der Waals surface area contributed by atoms with Gasteiger partial charge in [0, 0.05) is 29.9 Å². The third-order valence-electron chi connectivity index (χ3n) is 5.89. The highest BCUT2D eigenvalue weighted by molar-refractivity contribution is 5.85. The van der Waals surface area contributed by atoms with Crippen LogP contribution in [0.4, 0.5) is 0 Å². The monoisotopic (exact) mass is 409 g/mol. The van der Waals surface area contributed by atoms with Crippen molar-refractivity contribution in [3.05, 3.63) is 59.4 Å². The molecule has 0 bridgehead atoms. The number of amidine groups is 1. The number of nitrogens with zero attached hydrogens (tertiary/aromatic N) is 3. The molecule has 1 aliphatic carbocycles. The molecule has 7 nitrogen and oxygen atoms in total. The van der Waals surface area contributed by atoms with Gasteiger partial charge >= 0.3 is 0 Å². The van der Waals surface area contributed by atoms with Crippen molar-refractivity contribution in [3.63, 3.8) is 0 Å². The molecular weight excluding hydrogens is 374 g/mol. The number of nitrogens with two attached hydrogens (primary N) is 2. The van der Waals surface area contributed by atoms with E-state index in [1.807, 2.05) is 19.3 Å². The van der Waals surface area contributed by atoms with Crippen molar-refractivity contribution >= 4 is 11.9 Å². The Morgan fingerprint density at radius 2 is 2.10 bits per heavy atom. The van der Waals surface area contributed by atoms with Crippen LogP contribution < -0.4 is 22.1 Å². The Balaban J connectivity index is 1.68. The quantitative estimate of drug-likeness (QED) is 0.469. The topological polar surface area (TPSA) is 106 Å². The Labute approximate surface area is 179 Å². The molecule has 0 radical (unpaired) electrons. The van der Waals surface area contributed by atoms with E-state index in [1.165, 1.54) is 18.4 Å². The number of nitrogens with one attached hydrogen (secondary N) is 2. The first kappa shape index (κ1) is 22.1. The molecule has 2 heterocycles. The van der Waals surface area contributed by atoms with Crippen molar-refractivity contribution in [2.24, 2.45) is 16.5 Å². The van der Waals surface area contributed by atoms with Gasteiger partial charge in [-0.05, 0) is 76.4 Å². The van der Waals surface area contributed by atoms with Crippen LogP contribution in [0.2, 0.25) is 0 Å². The molecule has 1 aliphatic heterocycles. The van der Waals surface area contributed by atoms with Gasteiger partial charge < -0.3 is 22.1 Å². The van der Waals surface area contributed by atoms with Gasteiger partial charge in [0.05, 0.1) is 23.6 Å². The van der Waals surface area contributed by atoms with Gasteiger partial charge in [0.2, 0.25) is 0 Å². The van der Waals surface area contributed by atoms with Gasteiger partial charge in [-0.15, -0.1) is 0 Å². The zero-order valence-corrected chi connectivity index (χ0v) is 18.2. The van der Waals surface area contributed by atoms with Gasteiger partial charge in [0.25, 0.3) is 0 Å². The standard InChI is InChI=1S/C23H35N7/c1-16(12-13-24)21(28-17(2)22-10-11-23(25)29-22)9-4-18-14-27-30(15-18)20-7-5-19(26-3)6-8-20/h4,9-10,14-15,19-20,26,28H,2,5-8,11-13,24H2,1,3H3,(H2,25,29)/b9-4+,21-16+. The minimum absolute atomic E-state index is 0.487. The second-order valence-electron chi connectivity index (χ2n) is 8.11. The summed E-state index contributed by atoms with van der Waals surface area (Å²) in [7, 11) is 2.05. The van der Waals surface area contributed by atoms with Crippen molar-refractivity contribution < 1.29 is 0 Å². The number of allylic oxidation sites excluding steroid dienone is 1. The Hall–Kier alpha value is -2.64. The molecule has 1 aromatic rings. The lowest BCUT2D eigenvalue weighted by atomic mass is 9.91. The normalized spacial score (nSPS) is 22.6. The third-order valence-corrected chi connectivity index (χ3v) is 5.89. The van der Waals surface area contributed by atoms with Crippen LogP contribution in [0.5, 0.6) is 0 Å². The summed E-state index contributed by atoms with van der Waals surface area (Å²) in [6.45, 7) is 6.80. The Morgan fingerprint density at radius 1 is 1.33 bits per heavy atom. The lowest BCUT2D eigenvalue weighted by Gasteiger charge is -2.28. The summed E-state index contributed by atoms with van der Waals surface area (Å²) in [6.07, 6.45) is 16.4. The molecule has 1 aromatic heterocycles. The van der Waals surface area contributed by atoms with Crippen molar-refractivity contribution in [2.45, 2.75) is 57.5 Å². The summed E-state index contributed by atoms with van der Waals surface area (Å²) in [4.78, 5) is 4.34. The van der Waals surface area contributed by atoms with Gasteiger partial charge in [0.1, 0.15) is 5.84 Å². The lowest BCUT2D eigenvalue weighted by molar-refractivity contribution is 0.284. The molecule has 0 spiro atoms. The fourth-order valence-electron chi connectivity index (χ4n) is 3.95. The first-order valence-electron chi connectivity index (χ1n) is 10.8. The van der Waals surface area contributed by atoms with Crippen molar-refractivity contribution in [1.29, 1.82) is 0 Å². The number of hydrogen-bond acceptors (Lipinski definition) is 6. The zero-order chi connectivity index (χ0) is 21.5. The summed E-state index contributed by atoms with van der Waals surface area (Å²) < 4.78 is 2.12. The van der Waals surface area contributed by atoms with Crippen molar-refractivity contribution in [3.8, 4) is 0 Å². The number of rotatable bonds is 9. The molecule has 162 valence electrons. The van der Waals surface area contributed by atoms with Crippen LogP contribution in [0.1, 0.15) is 57.1 Å². The Bertz CT molecular complexity index is 864. The van der Waals surface area contributed by atoms with Gasteiger partial charge in [-0.25, -0.2) is 4.99 Å². The molecule has 0 atom stereocenters. The van der Waals surface area contributed by atoms with E-state index in [9.17, 15) is 0 Å². The van der Waals surface area contributed by atoms with E-state index in [1.54, 1.807) is 0 Å². The maximum absolute atomic E-state index is 5.79. The highest BCUT2D eigenvalue weighted by Gasteiger charge is 2.21. The second-order valence-corrected chi connectivity index (χ2v) is 8.11. The molecule has 0 aromatic carbocycles. The number of aliphatic imine (C=N–C) groups is 1. The van der Waals surface area contributed by atoms with Crippen LogP contribution in [0.25, 0.3) is 6.08 Å². The van der Waals surface area contributed by atoms with Gasteiger partial charge in [-0.3, -0.25) is 4.68 Å². The summed E-state index contributed by atoms with van der Waals surface area (Å²) in [5.74, 6) is 0.615. The predicted octanol–water partition coefficient (Wildman–Crippen LogP) is 2.97. The van der Waals surface area contributed by atoms with E-state index in [2.05, 4.69) is 57.3 Å². The van der Waals surface area contributed by atoms with Crippen LogP contribution in [-0.4, -0.2) is 35.3 Å². The largest absolute Gasteiger partial charge is 0.387 e. The molecule has 6 N–H and O–H groups in total. The maximum atomic E-state index is 5.79. The fourth-order valence-corrected chi connectivity index (χ4v) is 3.95. The highest BCUT2D eigenvalue weighted by Crippen LogP contribution is 2.28. The summed E-state index contributed by atoms with van der Waals surface area (Å²) in [5.41, 5.74) is 16.3. The summed E-state index contributed by atoms with van der Waals surface area (Å²) in [5, 5.41) is 11.4. The Morgan fingerprint density at radius 3 is 2.73 bits per heavy atom. The van der Waals surface area contributed by atoms with E-state index < -0.39 is 0 Å². The van der Waals surface area contributed by atoms with Crippen LogP contribution in [0.15, 0.2) is 58.8 Å². The van der Waals surface area contributed by atoms with Gasteiger partial charge in [0.15, 0.2) is 0 Å². The first-order chi connectivity index (χ1) is 14.5. The average molecular weight is 410 g/mol. The molecule has 7 heteroatoms. The molecule has 0 saturated heterocycles. The lowest BCUT2D eigenvalue weighted by Crippen LogP contribution is -2.31. The fraction of sp³-hybridized carbons (Fsp3) is 0.478. The molecule has 3 rings (SSSR count). The van der Waals surface area contributed by atoms with Gasteiger partial charge in [-0.2, -0.15) is 5.10 Å². The molecule has 0 amide bonds. The Kier molecular flexibility index (Phi) is 7.65. The van der Waals surface area contributed by atoms with E-state index >= 15 is 0 Å². The van der Waals surface area contributed by atoms with Crippen LogP contribution in [-0.2, 0) is 0 Å². The number of aromatic nitrogens is 2. The van der Waals surface area contributed by atoms with Crippen molar-refractivity contribution in [1.82, 2.24) is 20.4 Å². The van der Waals surface area contributed by atoms with Crippen molar-refractivity contribution in [2.75, 3.05) is 13.6 Å². The highest BCUT2D eigenvalue weighted by atomic mass is 15.3. The van der Waals surface area contributed by atoms with Crippen LogP contribution >= 0.6 is 0 Å². The maximum Gasteiger partial charge on any atom is 0.104 e. The third kappa shape index (κ3) is 5.70. The van der Waals surface area contributed by atoms with E-state index in [4.69, 9.17) is 11.5 Å². The molecule has 1 saturated carbocycles. The smallest absolute Gasteiger partial charge is 0.104 e. The molecule has 1 fully saturated rings. The van der Waals surface area contributed by atoms with E-state index in [-0.39, 0.29) is 0 Å². The van der Waals surface area contributed by atoms with E-state index in [0.29, 0.717) is 30.9 Å². The second kappa shape index (κ2) is 10.4. The predicted molar refractivity (Wildman–Crippen MR) is 125 cm³/mol. The summed E-state index contributed by atoms with van der Waals surface area (Å²) in [6, 6.07) is 1.13. The zero-order valence-electron chi connectivity index (χ0n) is 18.2. The average Bonchev–Trinajstić information content (AvgIpc) is 3.40. The minimum Gasteiger partial charge on any atom is -0.387 e. The van der Waals surface area contributed by atoms with Crippen LogP contribution in [0.3, 0.4) is 0 Å². The first-order valence-corrected chi connectivity index (χ1v) is 10.8. The SMILES string of the molecule is C=C(NC(/C=C/c1cnn(C2CCC(NC)CC2)c1)=C(\C)CCN)C1=CCC(N)=N1. The van der Waals surface area contributed by atoms with Gasteiger partial charge in [-0.1, -0.05) is 6.58 Å². The molecule has 2 aliphatic rings. The van der Waals surface area contributed by atoms with Crippen LogP contribution in [0, 0.1) is 0 Å². The molecule has 30 heavy (non-hydrogen) atoms.